The van der Waals surface area contributed by atoms with Crippen molar-refractivity contribution in [2.45, 2.75) is 34.1 Å². The topological polar surface area (TPSA) is 28.7 Å². The first kappa shape index (κ1) is 14.2. The number of aromatic nitrogens is 2. The molecule has 112 valence electrons. The molecule has 2 heterocycles. The van der Waals surface area contributed by atoms with Crippen molar-refractivity contribution in [3.05, 3.63) is 48.6 Å². The Morgan fingerprint density at radius 1 is 1.05 bits per heavy atom. The van der Waals surface area contributed by atoms with Crippen LogP contribution >= 0.6 is 27.3 Å². The first-order chi connectivity index (χ1) is 10.5. The predicted molar refractivity (Wildman–Crippen MR) is 96.8 cm³/mol. The van der Waals surface area contributed by atoms with E-state index in [9.17, 15) is 0 Å². The lowest BCUT2D eigenvalue weighted by Crippen LogP contribution is -1.99. The van der Waals surface area contributed by atoms with E-state index in [1.165, 1.54) is 50.2 Å². The lowest BCUT2D eigenvalue weighted by molar-refractivity contribution is 1.08. The number of hydrogen-bond acceptors (Lipinski definition) is 2. The predicted octanol–water partition coefficient (Wildman–Crippen LogP) is 5.71. The molecule has 2 nitrogen and oxygen atoms in total. The lowest BCUT2D eigenvalue weighted by Gasteiger charge is -2.15. The number of aromatic amines is 1. The van der Waals surface area contributed by atoms with Crippen LogP contribution in [0.4, 0.5) is 0 Å². The van der Waals surface area contributed by atoms with Gasteiger partial charge < -0.3 is 0 Å². The summed E-state index contributed by atoms with van der Waals surface area (Å²) in [6.45, 7) is 8.95. The standard InChI is InChI=1S/C18H17BrN2S/c1-8-9(2)11(4)16-13(10(8)3)6-14-17(20-21-18(14)16)12-5-15(19)22-7-12/h5,7H,6H2,1-4H3,(H,20,21). The molecule has 4 rings (SSSR count). The Hall–Kier alpha value is -1.39. The summed E-state index contributed by atoms with van der Waals surface area (Å²) in [5.74, 6) is 0. The second kappa shape index (κ2) is 4.80. The van der Waals surface area contributed by atoms with Gasteiger partial charge in [0.25, 0.3) is 0 Å². The van der Waals surface area contributed by atoms with Crippen LogP contribution < -0.4 is 0 Å². The van der Waals surface area contributed by atoms with Gasteiger partial charge in [-0.3, -0.25) is 5.10 Å². The molecule has 0 radical (unpaired) electrons. The van der Waals surface area contributed by atoms with Gasteiger partial charge in [0.15, 0.2) is 0 Å². The third-order valence-electron chi connectivity index (χ3n) is 5.13. The van der Waals surface area contributed by atoms with E-state index in [0.29, 0.717) is 0 Å². The third-order valence-corrected chi connectivity index (χ3v) is 6.63. The van der Waals surface area contributed by atoms with Crippen LogP contribution in [0.2, 0.25) is 0 Å². The molecule has 1 aliphatic carbocycles. The number of thiophene rings is 1. The number of hydrogen-bond donors (Lipinski definition) is 1. The molecule has 0 bridgehead atoms. The van der Waals surface area contributed by atoms with Crippen molar-refractivity contribution < 1.29 is 0 Å². The van der Waals surface area contributed by atoms with E-state index in [2.05, 4.69) is 65.3 Å². The summed E-state index contributed by atoms with van der Waals surface area (Å²) in [5.41, 5.74) is 13.4. The van der Waals surface area contributed by atoms with E-state index in [1.807, 2.05) is 0 Å². The van der Waals surface area contributed by atoms with Crippen molar-refractivity contribution >= 4 is 27.3 Å². The molecular weight excluding hydrogens is 356 g/mol. The molecule has 0 spiro atoms. The number of fused-ring (bicyclic) bond motifs is 3. The highest BCUT2D eigenvalue weighted by molar-refractivity contribution is 9.11. The highest BCUT2D eigenvalue weighted by Crippen LogP contribution is 2.45. The molecule has 4 heteroatoms. The smallest absolute Gasteiger partial charge is 0.0971 e. The molecule has 1 aliphatic rings. The quantitative estimate of drug-likeness (QED) is 0.455. The Kier molecular flexibility index (Phi) is 3.10. The van der Waals surface area contributed by atoms with Gasteiger partial charge in [0.05, 0.1) is 15.2 Å². The maximum absolute atomic E-state index is 4.60. The van der Waals surface area contributed by atoms with E-state index in [0.717, 1.165) is 15.9 Å². The Labute approximate surface area is 142 Å². The maximum atomic E-state index is 4.60. The SMILES string of the molecule is Cc1c(C)c(C)c2c(c1C)Cc1c(-c3csc(Br)c3)n[nH]c1-2. The average molecular weight is 373 g/mol. The molecular formula is C18H17BrN2S. The van der Waals surface area contributed by atoms with Gasteiger partial charge in [-0.25, -0.2) is 0 Å². The minimum Gasteiger partial charge on any atom is -0.277 e. The summed E-state index contributed by atoms with van der Waals surface area (Å²) in [6, 6.07) is 2.15. The van der Waals surface area contributed by atoms with Crippen molar-refractivity contribution in [2.75, 3.05) is 0 Å². The Morgan fingerprint density at radius 2 is 1.77 bits per heavy atom. The molecule has 1 N–H and O–H groups in total. The van der Waals surface area contributed by atoms with Gasteiger partial charge in [-0.1, -0.05) is 0 Å². The first-order valence-electron chi connectivity index (χ1n) is 7.40. The van der Waals surface area contributed by atoms with Crippen LogP contribution in [-0.4, -0.2) is 10.2 Å². The van der Waals surface area contributed by atoms with Crippen molar-refractivity contribution in [2.24, 2.45) is 0 Å². The molecule has 0 saturated heterocycles. The minimum atomic E-state index is 0.984. The van der Waals surface area contributed by atoms with Crippen LogP contribution in [0, 0.1) is 27.7 Å². The van der Waals surface area contributed by atoms with Crippen LogP contribution in [0.1, 0.15) is 33.4 Å². The number of halogens is 1. The van der Waals surface area contributed by atoms with E-state index < -0.39 is 0 Å². The van der Waals surface area contributed by atoms with E-state index >= 15 is 0 Å². The molecule has 3 aromatic rings. The van der Waals surface area contributed by atoms with Crippen molar-refractivity contribution in [1.29, 1.82) is 0 Å². The number of nitrogens with zero attached hydrogens (tertiary/aromatic N) is 1. The normalized spacial score (nSPS) is 12.6. The average Bonchev–Trinajstić information content (AvgIpc) is 3.16. The van der Waals surface area contributed by atoms with E-state index in [1.54, 1.807) is 11.3 Å². The van der Waals surface area contributed by atoms with Gasteiger partial charge in [0.2, 0.25) is 0 Å². The molecule has 22 heavy (non-hydrogen) atoms. The van der Waals surface area contributed by atoms with Crippen molar-refractivity contribution in [3.63, 3.8) is 0 Å². The zero-order valence-corrected chi connectivity index (χ0v) is 15.5. The third kappa shape index (κ3) is 1.80. The van der Waals surface area contributed by atoms with Crippen molar-refractivity contribution in [3.8, 4) is 22.5 Å². The summed E-state index contributed by atoms with van der Waals surface area (Å²) in [7, 11) is 0. The zero-order valence-electron chi connectivity index (χ0n) is 13.1. The van der Waals surface area contributed by atoms with Crippen molar-refractivity contribution in [1.82, 2.24) is 10.2 Å². The molecule has 2 aromatic heterocycles. The second-order valence-electron chi connectivity index (χ2n) is 6.10. The summed E-state index contributed by atoms with van der Waals surface area (Å²) in [5, 5.41) is 10.1. The van der Waals surface area contributed by atoms with Crippen LogP contribution in [0.25, 0.3) is 22.5 Å². The molecule has 0 saturated carbocycles. The van der Waals surface area contributed by atoms with Gasteiger partial charge in [0.1, 0.15) is 0 Å². The minimum absolute atomic E-state index is 0.984. The van der Waals surface area contributed by atoms with Gasteiger partial charge >= 0.3 is 0 Å². The Balaban J connectivity index is 1.96. The van der Waals surface area contributed by atoms with Crippen LogP contribution in [0.5, 0.6) is 0 Å². The van der Waals surface area contributed by atoms with Crippen LogP contribution in [0.3, 0.4) is 0 Å². The summed E-state index contributed by atoms with van der Waals surface area (Å²) in [4.78, 5) is 0. The Bertz CT molecular complexity index is 918. The fourth-order valence-electron chi connectivity index (χ4n) is 3.54. The molecule has 0 aliphatic heterocycles. The highest BCUT2D eigenvalue weighted by atomic mass is 79.9. The fraction of sp³-hybridized carbons (Fsp3) is 0.278. The molecule has 0 fully saturated rings. The van der Waals surface area contributed by atoms with E-state index in [-0.39, 0.29) is 0 Å². The monoisotopic (exact) mass is 372 g/mol. The van der Waals surface area contributed by atoms with Gasteiger partial charge in [-0.15, -0.1) is 11.3 Å². The van der Waals surface area contributed by atoms with Gasteiger partial charge in [-0.2, -0.15) is 5.10 Å². The summed E-state index contributed by atoms with van der Waals surface area (Å²) >= 11 is 5.26. The maximum Gasteiger partial charge on any atom is 0.0971 e. The van der Waals surface area contributed by atoms with Crippen LogP contribution in [0.15, 0.2) is 15.2 Å². The number of benzene rings is 1. The van der Waals surface area contributed by atoms with Gasteiger partial charge in [0, 0.05) is 28.5 Å². The van der Waals surface area contributed by atoms with Crippen LogP contribution in [-0.2, 0) is 6.42 Å². The second-order valence-corrected chi connectivity index (χ2v) is 8.39. The molecule has 0 atom stereocenters. The molecule has 0 unspecified atom stereocenters. The number of nitrogens with one attached hydrogen (secondary N) is 1. The highest BCUT2D eigenvalue weighted by Gasteiger charge is 2.29. The summed E-state index contributed by atoms with van der Waals surface area (Å²) < 4.78 is 1.15. The van der Waals surface area contributed by atoms with E-state index in [4.69, 9.17) is 0 Å². The zero-order chi connectivity index (χ0) is 15.6. The number of H-pyrrole nitrogens is 1. The number of rotatable bonds is 1. The first-order valence-corrected chi connectivity index (χ1v) is 9.07. The Morgan fingerprint density at radius 3 is 2.45 bits per heavy atom. The summed E-state index contributed by atoms with van der Waals surface area (Å²) in [6.07, 6.45) is 0.984. The van der Waals surface area contributed by atoms with Gasteiger partial charge in [-0.05, 0) is 77.5 Å². The fourth-order valence-corrected chi connectivity index (χ4v) is 4.68. The largest absolute Gasteiger partial charge is 0.277 e. The molecule has 1 aromatic carbocycles. The molecule has 0 amide bonds. The lowest BCUT2D eigenvalue weighted by atomic mass is 9.90.